The first-order valence-electron chi connectivity index (χ1n) is 9.98. The van der Waals surface area contributed by atoms with Gasteiger partial charge in [-0.3, -0.25) is 4.52 Å². The third-order valence-electron chi connectivity index (χ3n) is 4.94. The van der Waals surface area contributed by atoms with Crippen molar-refractivity contribution in [3.8, 4) is 5.75 Å². The number of aryl methyl sites for hydroxylation is 2. The van der Waals surface area contributed by atoms with E-state index in [1.807, 2.05) is 30.3 Å². The average Bonchev–Trinajstić information content (AvgIpc) is 2.76. The van der Waals surface area contributed by atoms with Crippen LogP contribution in [0, 0.1) is 0 Å². The number of ether oxygens (including phenoxy) is 1. The van der Waals surface area contributed by atoms with Gasteiger partial charge in [-0.05, 0) is 55.4 Å². The van der Waals surface area contributed by atoms with Crippen molar-refractivity contribution >= 4 is 8.69 Å². The van der Waals surface area contributed by atoms with E-state index in [-0.39, 0.29) is 31.8 Å². The molecule has 1 atom stereocenters. The number of unbranched alkanes of at least 4 members (excludes halogenated alkanes) is 1. The van der Waals surface area contributed by atoms with Crippen molar-refractivity contribution in [1.29, 1.82) is 0 Å². The fourth-order valence-electron chi connectivity index (χ4n) is 3.08. The highest BCUT2D eigenvalue weighted by atomic mass is 31.1. The molecule has 0 spiro atoms. The third-order valence-corrected chi connectivity index (χ3v) is 5.18. The second kappa shape index (κ2) is 12.2. The smallest absolute Gasteiger partial charge is 0.419 e. The number of benzene rings is 2. The van der Waals surface area contributed by atoms with E-state index in [2.05, 4.69) is 0 Å². The average molecular weight is 457 g/mol. The fourth-order valence-corrected chi connectivity index (χ4v) is 3.39. The first-order chi connectivity index (χ1) is 14.8. The lowest BCUT2D eigenvalue weighted by molar-refractivity contribution is -0.139. The molecular weight excluding hydrogens is 430 g/mol. The van der Waals surface area contributed by atoms with Gasteiger partial charge in [0.15, 0.2) is 0 Å². The Morgan fingerprint density at radius 2 is 1.74 bits per heavy atom. The number of aliphatic hydroxyl groups excluding tert-OH is 1. The monoisotopic (exact) mass is 457 g/mol. The second-order valence-electron chi connectivity index (χ2n) is 7.49. The lowest BCUT2D eigenvalue weighted by atomic mass is 9.93. The Bertz CT molecular complexity index is 820. The highest BCUT2D eigenvalue weighted by Crippen LogP contribution is 2.37. The zero-order chi connectivity index (χ0) is 22.7. The van der Waals surface area contributed by atoms with E-state index >= 15 is 0 Å². The molecule has 0 aliphatic carbocycles. The molecule has 1 unspecified atom stereocenters. The molecule has 5 nitrogen and oxygen atoms in total. The van der Waals surface area contributed by atoms with Crippen LogP contribution in [0.5, 0.6) is 5.75 Å². The molecule has 0 aliphatic heterocycles. The SMILES string of the molecule is NC(CO)(CCc1ccc(OCCCCc2ccccc2)c(C(F)(F)F)c1)COP=O. The predicted octanol–water partition coefficient (Wildman–Crippen LogP) is 4.95. The number of hydrogen-bond donors (Lipinski definition) is 2. The van der Waals surface area contributed by atoms with Crippen molar-refractivity contribution in [3.05, 3.63) is 65.2 Å². The van der Waals surface area contributed by atoms with Crippen LogP contribution in [0.15, 0.2) is 48.5 Å². The molecule has 9 heteroatoms. The maximum atomic E-state index is 13.5. The van der Waals surface area contributed by atoms with Gasteiger partial charge in [-0.2, -0.15) is 13.2 Å². The summed E-state index contributed by atoms with van der Waals surface area (Å²) in [4.78, 5) is 0. The minimum atomic E-state index is -4.56. The minimum absolute atomic E-state index is 0.163. The number of nitrogens with two attached hydrogens (primary N) is 1. The van der Waals surface area contributed by atoms with Gasteiger partial charge in [-0.25, -0.2) is 4.57 Å². The van der Waals surface area contributed by atoms with Gasteiger partial charge in [0.05, 0.1) is 30.9 Å². The summed E-state index contributed by atoms with van der Waals surface area (Å²) in [7, 11) is -0.573. The predicted molar refractivity (Wildman–Crippen MR) is 112 cm³/mol. The van der Waals surface area contributed by atoms with Crippen molar-refractivity contribution in [2.24, 2.45) is 5.73 Å². The van der Waals surface area contributed by atoms with Crippen LogP contribution in [-0.4, -0.2) is 30.5 Å². The van der Waals surface area contributed by atoms with E-state index in [0.29, 0.717) is 12.0 Å². The molecule has 2 rings (SSSR count). The first kappa shape index (κ1) is 25.3. The van der Waals surface area contributed by atoms with E-state index in [0.717, 1.165) is 18.9 Å². The number of halogens is 3. The highest BCUT2D eigenvalue weighted by Gasteiger charge is 2.35. The van der Waals surface area contributed by atoms with Crippen LogP contribution in [0.2, 0.25) is 0 Å². The standard InChI is InChI=1S/C22H27F3NO4P/c23-22(24,25)19-14-18(11-12-21(26,15-27)16-30-31-28)9-10-20(19)29-13-5-4-8-17-6-2-1-3-7-17/h1-3,6-7,9-10,14,27H,4-5,8,11-13,15-16,26H2. The fraction of sp³-hybridized carbons (Fsp3) is 0.455. The summed E-state index contributed by atoms with van der Waals surface area (Å²) < 4.78 is 61.2. The maximum absolute atomic E-state index is 13.5. The molecule has 0 amide bonds. The van der Waals surface area contributed by atoms with Gasteiger partial charge in [0.2, 0.25) is 0 Å². The van der Waals surface area contributed by atoms with Crippen molar-refractivity contribution < 1.29 is 32.1 Å². The quantitative estimate of drug-likeness (QED) is 0.329. The summed E-state index contributed by atoms with van der Waals surface area (Å²) in [6, 6.07) is 13.8. The number of alkyl halides is 3. The van der Waals surface area contributed by atoms with Crippen LogP contribution < -0.4 is 10.5 Å². The maximum Gasteiger partial charge on any atom is 0.419 e. The van der Waals surface area contributed by atoms with Crippen LogP contribution in [0.4, 0.5) is 13.2 Å². The van der Waals surface area contributed by atoms with E-state index in [4.69, 9.17) is 15.0 Å². The van der Waals surface area contributed by atoms with E-state index < -0.39 is 32.6 Å². The van der Waals surface area contributed by atoms with Gasteiger partial charge in [0, 0.05) is 0 Å². The molecule has 0 aliphatic rings. The van der Waals surface area contributed by atoms with Crippen LogP contribution in [0.3, 0.4) is 0 Å². The van der Waals surface area contributed by atoms with Gasteiger partial charge in [0.25, 0.3) is 0 Å². The minimum Gasteiger partial charge on any atom is -0.493 e. The Hall–Kier alpha value is -1.99. The summed E-state index contributed by atoms with van der Waals surface area (Å²) in [5.41, 5.74) is 5.52. The van der Waals surface area contributed by atoms with Crippen LogP contribution in [-0.2, 0) is 28.1 Å². The third kappa shape index (κ3) is 8.57. The Labute approximate surface area is 181 Å². The normalized spacial score (nSPS) is 13.8. The summed E-state index contributed by atoms with van der Waals surface area (Å²) in [5, 5.41) is 9.42. The number of hydrogen-bond acceptors (Lipinski definition) is 5. The Kier molecular flexibility index (Phi) is 9.91. The molecule has 2 aromatic rings. The molecule has 0 heterocycles. The summed E-state index contributed by atoms with van der Waals surface area (Å²) in [6.45, 7) is -0.429. The van der Waals surface area contributed by atoms with Gasteiger partial charge >= 0.3 is 14.9 Å². The molecule has 0 saturated heterocycles. The molecule has 31 heavy (non-hydrogen) atoms. The number of rotatable bonds is 13. The summed E-state index contributed by atoms with van der Waals surface area (Å²) in [6.07, 6.45) is -1.91. The highest BCUT2D eigenvalue weighted by molar-refractivity contribution is 7.17. The second-order valence-corrected chi connectivity index (χ2v) is 7.90. The zero-order valence-electron chi connectivity index (χ0n) is 17.1. The molecular formula is C22H27F3NO4P. The lowest BCUT2D eigenvalue weighted by Gasteiger charge is -2.25. The summed E-state index contributed by atoms with van der Waals surface area (Å²) >= 11 is 0. The summed E-state index contributed by atoms with van der Waals surface area (Å²) in [5.74, 6) is -0.203. The Morgan fingerprint density at radius 1 is 1.00 bits per heavy atom. The zero-order valence-corrected chi connectivity index (χ0v) is 18.0. The largest absolute Gasteiger partial charge is 0.493 e. The van der Waals surface area contributed by atoms with Gasteiger partial charge < -0.3 is 15.6 Å². The first-order valence-corrected chi connectivity index (χ1v) is 10.7. The van der Waals surface area contributed by atoms with Crippen LogP contribution in [0.1, 0.15) is 36.0 Å². The van der Waals surface area contributed by atoms with Gasteiger partial charge in [0.1, 0.15) is 5.75 Å². The van der Waals surface area contributed by atoms with E-state index in [9.17, 15) is 22.8 Å². The molecule has 0 bridgehead atoms. The van der Waals surface area contributed by atoms with E-state index in [1.54, 1.807) is 6.07 Å². The molecule has 170 valence electrons. The Morgan fingerprint density at radius 3 is 2.39 bits per heavy atom. The molecule has 0 saturated carbocycles. The Balaban J connectivity index is 1.95. The van der Waals surface area contributed by atoms with Crippen LogP contribution >= 0.6 is 8.69 Å². The molecule has 0 fully saturated rings. The van der Waals surface area contributed by atoms with Gasteiger partial charge in [-0.1, -0.05) is 36.4 Å². The molecule has 0 radical (unpaired) electrons. The van der Waals surface area contributed by atoms with E-state index in [1.165, 1.54) is 11.6 Å². The lowest BCUT2D eigenvalue weighted by Crippen LogP contribution is -2.47. The molecule has 0 aromatic heterocycles. The van der Waals surface area contributed by atoms with Crippen molar-refractivity contribution in [1.82, 2.24) is 0 Å². The molecule has 3 N–H and O–H groups in total. The van der Waals surface area contributed by atoms with Crippen molar-refractivity contribution in [2.45, 2.75) is 43.8 Å². The van der Waals surface area contributed by atoms with Gasteiger partial charge in [-0.15, -0.1) is 0 Å². The topological polar surface area (TPSA) is 81.8 Å². The van der Waals surface area contributed by atoms with Crippen molar-refractivity contribution in [2.75, 3.05) is 19.8 Å². The number of aliphatic hydroxyl groups is 1. The molecule has 2 aromatic carbocycles. The van der Waals surface area contributed by atoms with Crippen LogP contribution in [0.25, 0.3) is 0 Å². The van der Waals surface area contributed by atoms with Crippen molar-refractivity contribution in [3.63, 3.8) is 0 Å².